The van der Waals surface area contributed by atoms with Crippen LogP contribution < -0.4 is 5.32 Å². The minimum absolute atomic E-state index is 0.150. The normalized spacial score (nSPS) is 14.2. The van der Waals surface area contributed by atoms with E-state index in [9.17, 15) is 13.2 Å². The third-order valence-corrected chi connectivity index (χ3v) is 6.60. The molecule has 0 saturated carbocycles. The van der Waals surface area contributed by atoms with E-state index < -0.39 is 10.0 Å². The second-order valence-corrected chi connectivity index (χ2v) is 8.61. The van der Waals surface area contributed by atoms with Crippen LogP contribution in [0.5, 0.6) is 0 Å². The third kappa shape index (κ3) is 4.35. The molecule has 0 bridgehead atoms. The van der Waals surface area contributed by atoms with Crippen molar-refractivity contribution < 1.29 is 13.2 Å². The minimum atomic E-state index is -3.24. The lowest BCUT2D eigenvalue weighted by Gasteiger charge is -2.28. The molecule has 1 amide bonds. The SMILES string of the molecule is CCCS(=O)(=O)N1CCc2ccc(NC(=O)c3ccc(C#N)cc3)cc2C1. The van der Waals surface area contributed by atoms with Gasteiger partial charge in [-0.05, 0) is 60.4 Å². The highest BCUT2D eigenvalue weighted by Gasteiger charge is 2.26. The van der Waals surface area contributed by atoms with Crippen molar-refractivity contribution in [3.63, 3.8) is 0 Å². The number of rotatable bonds is 5. The van der Waals surface area contributed by atoms with E-state index in [1.165, 1.54) is 4.31 Å². The van der Waals surface area contributed by atoms with Crippen molar-refractivity contribution in [1.29, 1.82) is 5.26 Å². The van der Waals surface area contributed by atoms with Crippen molar-refractivity contribution >= 4 is 21.6 Å². The number of carbonyl (C=O) groups is 1. The maximum atomic E-state index is 12.4. The van der Waals surface area contributed by atoms with E-state index in [2.05, 4.69) is 5.32 Å². The van der Waals surface area contributed by atoms with Gasteiger partial charge in [-0.15, -0.1) is 0 Å². The lowest BCUT2D eigenvalue weighted by molar-refractivity contribution is 0.102. The first kappa shape index (κ1) is 19.1. The molecule has 0 unspecified atom stereocenters. The Kier molecular flexibility index (Phi) is 5.59. The predicted octanol–water partition coefficient (Wildman–Crippen LogP) is 2.91. The zero-order chi connectivity index (χ0) is 19.4. The quantitative estimate of drug-likeness (QED) is 0.859. The Hall–Kier alpha value is -2.69. The van der Waals surface area contributed by atoms with Crippen LogP contribution in [0.3, 0.4) is 0 Å². The molecule has 0 fully saturated rings. The Morgan fingerprint density at radius 3 is 2.59 bits per heavy atom. The number of nitriles is 1. The van der Waals surface area contributed by atoms with E-state index in [1.807, 2.05) is 31.2 Å². The number of nitrogens with zero attached hydrogens (tertiary/aromatic N) is 2. The van der Waals surface area contributed by atoms with Gasteiger partial charge in [-0.3, -0.25) is 4.79 Å². The first-order chi connectivity index (χ1) is 12.9. The van der Waals surface area contributed by atoms with E-state index in [4.69, 9.17) is 5.26 Å². The number of benzene rings is 2. The van der Waals surface area contributed by atoms with E-state index in [1.54, 1.807) is 24.3 Å². The van der Waals surface area contributed by atoms with Crippen molar-refractivity contribution in [3.8, 4) is 6.07 Å². The maximum absolute atomic E-state index is 12.4. The van der Waals surface area contributed by atoms with Gasteiger partial charge in [0.25, 0.3) is 5.91 Å². The fourth-order valence-electron chi connectivity index (χ4n) is 3.13. The van der Waals surface area contributed by atoms with Crippen LogP contribution in [-0.2, 0) is 23.0 Å². The Labute approximate surface area is 159 Å². The molecule has 140 valence electrons. The number of hydrogen-bond donors (Lipinski definition) is 1. The predicted molar refractivity (Wildman–Crippen MR) is 104 cm³/mol. The molecule has 0 aromatic heterocycles. The van der Waals surface area contributed by atoms with Gasteiger partial charge in [-0.2, -0.15) is 9.57 Å². The number of carbonyl (C=O) groups excluding carboxylic acids is 1. The molecule has 1 aliphatic rings. The molecule has 27 heavy (non-hydrogen) atoms. The fraction of sp³-hybridized carbons (Fsp3) is 0.300. The number of anilines is 1. The van der Waals surface area contributed by atoms with Crippen molar-refractivity contribution in [3.05, 3.63) is 64.7 Å². The van der Waals surface area contributed by atoms with E-state index >= 15 is 0 Å². The molecular weight excluding hydrogens is 362 g/mol. The largest absolute Gasteiger partial charge is 0.322 e. The Morgan fingerprint density at radius 1 is 1.19 bits per heavy atom. The molecule has 0 atom stereocenters. The van der Waals surface area contributed by atoms with Gasteiger partial charge in [0.2, 0.25) is 10.0 Å². The summed E-state index contributed by atoms with van der Waals surface area (Å²) in [5.41, 5.74) is 3.60. The summed E-state index contributed by atoms with van der Waals surface area (Å²) in [6, 6.07) is 14.0. The van der Waals surface area contributed by atoms with Gasteiger partial charge < -0.3 is 5.32 Å². The number of fused-ring (bicyclic) bond motifs is 1. The first-order valence-corrected chi connectivity index (χ1v) is 10.4. The van der Waals surface area contributed by atoms with E-state index in [0.29, 0.717) is 42.7 Å². The average Bonchev–Trinajstić information content (AvgIpc) is 2.67. The number of sulfonamides is 1. The van der Waals surface area contributed by atoms with Crippen LogP contribution >= 0.6 is 0 Å². The van der Waals surface area contributed by atoms with Crippen molar-refractivity contribution in [1.82, 2.24) is 4.31 Å². The standard InChI is InChI=1S/C20H21N3O3S/c1-2-11-27(25,26)23-10-9-16-7-8-19(12-18(16)14-23)22-20(24)17-5-3-15(13-21)4-6-17/h3-8,12H,2,9-11,14H2,1H3,(H,22,24). The molecule has 0 saturated heterocycles. The Balaban J connectivity index is 1.76. The van der Waals surface area contributed by atoms with Crippen molar-refractivity contribution in [2.75, 3.05) is 17.6 Å². The number of hydrogen-bond acceptors (Lipinski definition) is 4. The van der Waals surface area contributed by atoms with Gasteiger partial charge >= 0.3 is 0 Å². The highest BCUT2D eigenvalue weighted by atomic mass is 32.2. The summed E-state index contributed by atoms with van der Waals surface area (Å²) in [6.45, 7) is 2.68. The molecule has 2 aromatic rings. The van der Waals surface area contributed by atoms with Crippen LogP contribution in [-0.4, -0.2) is 30.9 Å². The van der Waals surface area contributed by atoms with Crippen LogP contribution in [0.25, 0.3) is 0 Å². The second kappa shape index (κ2) is 7.91. The number of amides is 1. The molecule has 1 N–H and O–H groups in total. The van der Waals surface area contributed by atoms with Gasteiger partial charge in [0.05, 0.1) is 17.4 Å². The Morgan fingerprint density at radius 2 is 1.93 bits per heavy atom. The summed E-state index contributed by atoms with van der Waals surface area (Å²) >= 11 is 0. The van der Waals surface area contributed by atoms with E-state index in [-0.39, 0.29) is 11.7 Å². The smallest absolute Gasteiger partial charge is 0.255 e. The molecule has 0 aliphatic carbocycles. The average molecular weight is 383 g/mol. The fourth-order valence-corrected chi connectivity index (χ4v) is 4.61. The Bertz CT molecular complexity index is 992. The van der Waals surface area contributed by atoms with Gasteiger partial charge in [-0.1, -0.05) is 13.0 Å². The molecule has 1 aliphatic heterocycles. The number of nitrogens with one attached hydrogen (secondary N) is 1. The summed E-state index contributed by atoms with van der Waals surface area (Å²) < 4.78 is 26.2. The zero-order valence-electron chi connectivity index (χ0n) is 15.1. The molecule has 7 heteroatoms. The lowest BCUT2D eigenvalue weighted by atomic mass is 10.0. The van der Waals surface area contributed by atoms with Crippen LogP contribution in [0, 0.1) is 11.3 Å². The van der Waals surface area contributed by atoms with Gasteiger partial charge in [0.15, 0.2) is 0 Å². The third-order valence-electron chi connectivity index (χ3n) is 4.57. The van der Waals surface area contributed by atoms with Crippen LogP contribution in [0.4, 0.5) is 5.69 Å². The van der Waals surface area contributed by atoms with Crippen molar-refractivity contribution in [2.24, 2.45) is 0 Å². The second-order valence-electron chi connectivity index (χ2n) is 6.53. The summed E-state index contributed by atoms with van der Waals surface area (Å²) in [7, 11) is -3.24. The molecule has 0 radical (unpaired) electrons. The minimum Gasteiger partial charge on any atom is -0.322 e. The lowest BCUT2D eigenvalue weighted by Crippen LogP contribution is -2.37. The highest BCUT2D eigenvalue weighted by molar-refractivity contribution is 7.89. The van der Waals surface area contributed by atoms with Gasteiger partial charge in [0.1, 0.15) is 0 Å². The first-order valence-electron chi connectivity index (χ1n) is 8.84. The van der Waals surface area contributed by atoms with Crippen LogP contribution in [0.15, 0.2) is 42.5 Å². The molecule has 3 rings (SSSR count). The zero-order valence-corrected chi connectivity index (χ0v) is 15.9. The van der Waals surface area contributed by atoms with Crippen molar-refractivity contribution in [2.45, 2.75) is 26.3 Å². The van der Waals surface area contributed by atoms with Crippen LogP contribution in [0.1, 0.15) is 40.4 Å². The molecular formula is C20H21N3O3S. The summed E-state index contributed by atoms with van der Waals surface area (Å²) in [6.07, 6.45) is 1.26. The summed E-state index contributed by atoms with van der Waals surface area (Å²) in [4.78, 5) is 12.4. The summed E-state index contributed by atoms with van der Waals surface area (Å²) in [5, 5.41) is 11.7. The highest BCUT2D eigenvalue weighted by Crippen LogP contribution is 2.25. The van der Waals surface area contributed by atoms with E-state index in [0.717, 1.165) is 11.1 Å². The molecule has 1 heterocycles. The topological polar surface area (TPSA) is 90.3 Å². The van der Waals surface area contributed by atoms with Crippen LogP contribution in [0.2, 0.25) is 0 Å². The molecule has 2 aromatic carbocycles. The molecule has 0 spiro atoms. The van der Waals surface area contributed by atoms with Gasteiger partial charge in [0, 0.05) is 24.3 Å². The maximum Gasteiger partial charge on any atom is 0.255 e. The summed E-state index contributed by atoms with van der Waals surface area (Å²) in [5.74, 6) is -0.122. The van der Waals surface area contributed by atoms with Gasteiger partial charge in [-0.25, -0.2) is 8.42 Å². The monoisotopic (exact) mass is 383 g/mol. The molecule has 6 nitrogen and oxygen atoms in total.